The van der Waals surface area contributed by atoms with Crippen molar-refractivity contribution in [1.29, 1.82) is 0 Å². The van der Waals surface area contributed by atoms with E-state index in [-0.39, 0.29) is 11.9 Å². The molecule has 1 N–H and O–H groups in total. The van der Waals surface area contributed by atoms with Gasteiger partial charge in [-0.05, 0) is 42.3 Å². The minimum Gasteiger partial charge on any atom is -0.306 e. The quantitative estimate of drug-likeness (QED) is 0.839. The Balaban J connectivity index is 2.02. The summed E-state index contributed by atoms with van der Waals surface area (Å²) in [6, 6.07) is 12.0. The largest absolute Gasteiger partial charge is 0.306 e. The molecule has 0 radical (unpaired) electrons. The van der Waals surface area contributed by atoms with Crippen LogP contribution in [0.5, 0.6) is 0 Å². The zero-order chi connectivity index (χ0) is 13.8. The van der Waals surface area contributed by atoms with Gasteiger partial charge >= 0.3 is 0 Å². The maximum absolute atomic E-state index is 13.1. The van der Waals surface area contributed by atoms with E-state index in [0.29, 0.717) is 16.6 Å². The number of halogens is 3. The lowest BCUT2D eigenvalue weighted by Crippen LogP contribution is -2.18. The third-order valence-electron chi connectivity index (χ3n) is 2.96. The topological polar surface area (TPSA) is 12.0 Å². The summed E-state index contributed by atoms with van der Waals surface area (Å²) in [4.78, 5) is 0. The average Bonchev–Trinajstić information content (AvgIpc) is 2.37. The van der Waals surface area contributed by atoms with Gasteiger partial charge in [-0.3, -0.25) is 0 Å². The van der Waals surface area contributed by atoms with Crippen molar-refractivity contribution in [2.45, 2.75) is 19.5 Å². The summed E-state index contributed by atoms with van der Waals surface area (Å²) < 4.78 is 13.1. The van der Waals surface area contributed by atoms with Crippen LogP contribution in [0.25, 0.3) is 0 Å². The lowest BCUT2D eigenvalue weighted by atomic mass is 10.1. The molecule has 0 saturated carbocycles. The van der Waals surface area contributed by atoms with Gasteiger partial charge in [0.2, 0.25) is 0 Å². The number of nitrogens with one attached hydrogen (secondary N) is 1. The summed E-state index contributed by atoms with van der Waals surface area (Å²) in [5.41, 5.74) is 1.87. The first-order valence-corrected chi connectivity index (χ1v) is 6.74. The van der Waals surface area contributed by atoms with Crippen LogP contribution in [0.3, 0.4) is 0 Å². The second-order valence-electron chi connectivity index (χ2n) is 4.39. The lowest BCUT2D eigenvalue weighted by Gasteiger charge is -2.15. The van der Waals surface area contributed by atoms with E-state index < -0.39 is 0 Å². The normalized spacial score (nSPS) is 12.4. The van der Waals surface area contributed by atoms with E-state index in [0.717, 1.165) is 11.1 Å². The Labute approximate surface area is 122 Å². The molecule has 0 saturated heterocycles. The van der Waals surface area contributed by atoms with E-state index in [1.807, 2.05) is 19.1 Å². The summed E-state index contributed by atoms with van der Waals surface area (Å²) in [6.45, 7) is 2.59. The zero-order valence-corrected chi connectivity index (χ0v) is 12.0. The van der Waals surface area contributed by atoms with Crippen LogP contribution >= 0.6 is 23.2 Å². The molecule has 0 fully saturated rings. The van der Waals surface area contributed by atoms with Crippen LogP contribution < -0.4 is 5.32 Å². The molecule has 4 heteroatoms. The van der Waals surface area contributed by atoms with Crippen molar-refractivity contribution in [2.24, 2.45) is 0 Å². The van der Waals surface area contributed by atoms with Gasteiger partial charge in [0.1, 0.15) is 5.82 Å². The summed E-state index contributed by atoms with van der Waals surface area (Å²) in [6.07, 6.45) is 0. The predicted molar refractivity (Wildman–Crippen MR) is 78.1 cm³/mol. The fourth-order valence-corrected chi connectivity index (χ4v) is 2.30. The molecule has 2 aromatic carbocycles. The molecule has 0 aliphatic rings. The van der Waals surface area contributed by atoms with Gasteiger partial charge in [0, 0.05) is 22.6 Å². The van der Waals surface area contributed by atoms with Gasteiger partial charge in [-0.25, -0.2) is 4.39 Å². The van der Waals surface area contributed by atoms with Gasteiger partial charge < -0.3 is 5.32 Å². The first-order chi connectivity index (χ1) is 9.06. The van der Waals surface area contributed by atoms with Crippen LogP contribution in [-0.2, 0) is 6.54 Å². The Morgan fingerprint density at radius 3 is 2.63 bits per heavy atom. The fourth-order valence-electron chi connectivity index (χ4n) is 1.82. The Morgan fingerprint density at radius 2 is 1.95 bits per heavy atom. The number of benzene rings is 2. The molecule has 2 aromatic rings. The summed E-state index contributed by atoms with van der Waals surface area (Å²) in [5.74, 6) is -0.226. The van der Waals surface area contributed by atoms with Crippen LogP contribution in [-0.4, -0.2) is 0 Å². The highest BCUT2D eigenvalue weighted by molar-refractivity contribution is 6.35. The summed E-state index contributed by atoms with van der Waals surface area (Å²) in [5, 5.41) is 4.56. The minimum absolute atomic E-state index is 0.0439. The van der Waals surface area contributed by atoms with Crippen LogP contribution in [0, 0.1) is 5.82 Å². The Morgan fingerprint density at radius 1 is 1.16 bits per heavy atom. The first-order valence-electron chi connectivity index (χ1n) is 5.99. The zero-order valence-electron chi connectivity index (χ0n) is 10.5. The average molecular weight is 298 g/mol. The molecule has 0 bridgehead atoms. The molecule has 0 aliphatic heterocycles. The van der Waals surface area contributed by atoms with E-state index in [4.69, 9.17) is 23.2 Å². The molecular weight excluding hydrogens is 284 g/mol. The number of hydrogen-bond donors (Lipinski definition) is 1. The van der Waals surface area contributed by atoms with Crippen molar-refractivity contribution in [1.82, 2.24) is 5.32 Å². The third-order valence-corrected chi connectivity index (χ3v) is 3.55. The third kappa shape index (κ3) is 3.93. The number of rotatable bonds is 4. The minimum atomic E-state index is -0.226. The van der Waals surface area contributed by atoms with Crippen molar-refractivity contribution in [3.63, 3.8) is 0 Å². The molecule has 1 nitrogen and oxygen atoms in total. The van der Waals surface area contributed by atoms with Crippen LogP contribution in [0.1, 0.15) is 24.1 Å². The molecule has 0 spiro atoms. The molecule has 2 rings (SSSR count). The van der Waals surface area contributed by atoms with Crippen molar-refractivity contribution >= 4 is 23.2 Å². The molecule has 0 heterocycles. The van der Waals surface area contributed by atoms with Gasteiger partial charge in [0.05, 0.1) is 0 Å². The van der Waals surface area contributed by atoms with Crippen molar-refractivity contribution in [3.05, 3.63) is 69.5 Å². The molecule has 100 valence electrons. The molecule has 0 aromatic heterocycles. The highest BCUT2D eigenvalue weighted by Crippen LogP contribution is 2.22. The smallest absolute Gasteiger partial charge is 0.123 e. The van der Waals surface area contributed by atoms with E-state index in [1.54, 1.807) is 18.2 Å². The van der Waals surface area contributed by atoms with Crippen molar-refractivity contribution in [3.8, 4) is 0 Å². The second kappa shape index (κ2) is 6.38. The Kier molecular flexibility index (Phi) is 4.81. The highest BCUT2D eigenvalue weighted by Gasteiger charge is 2.07. The SMILES string of the molecule is C[C@H](NCc1ccc(Cl)cc1Cl)c1cccc(F)c1. The molecule has 0 unspecified atom stereocenters. The van der Waals surface area contributed by atoms with Gasteiger partial charge in [0.25, 0.3) is 0 Å². The second-order valence-corrected chi connectivity index (χ2v) is 5.24. The van der Waals surface area contributed by atoms with Gasteiger partial charge in [-0.2, -0.15) is 0 Å². The van der Waals surface area contributed by atoms with E-state index >= 15 is 0 Å². The maximum Gasteiger partial charge on any atom is 0.123 e. The standard InChI is InChI=1S/C15H14Cl2FN/c1-10(11-3-2-4-14(18)7-11)19-9-12-5-6-13(16)8-15(12)17/h2-8,10,19H,9H2,1H3/t10-/m0/s1. The molecular formula is C15H14Cl2FN. The van der Waals surface area contributed by atoms with E-state index in [1.165, 1.54) is 12.1 Å². The first kappa shape index (κ1) is 14.3. The molecule has 0 amide bonds. The van der Waals surface area contributed by atoms with Crippen molar-refractivity contribution in [2.75, 3.05) is 0 Å². The predicted octanol–water partition coefficient (Wildman–Crippen LogP) is 4.98. The van der Waals surface area contributed by atoms with Crippen LogP contribution in [0.15, 0.2) is 42.5 Å². The van der Waals surface area contributed by atoms with Gasteiger partial charge in [-0.15, -0.1) is 0 Å². The number of hydrogen-bond acceptors (Lipinski definition) is 1. The Bertz CT molecular complexity index is 572. The van der Waals surface area contributed by atoms with E-state index in [9.17, 15) is 4.39 Å². The molecule has 1 atom stereocenters. The van der Waals surface area contributed by atoms with Gasteiger partial charge in [-0.1, -0.05) is 41.4 Å². The maximum atomic E-state index is 13.1. The summed E-state index contributed by atoms with van der Waals surface area (Å²) >= 11 is 11.9. The molecule has 0 aliphatic carbocycles. The lowest BCUT2D eigenvalue weighted by molar-refractivity contribution is 0.565. The highest BCUT2D eigenvalue weighted by atomic mass is 35.5. The Hall–Kier alpha value is -1.09. The molecule has 19 heavy (non-hydrogen) atoms. The summed E-state index contributed by atoms with van der Waals surface area (Å²) in [7, 11) is 0. The van der Waals surface area contributed by atoms with Crippen molar-refractivity contribution < 1.29 is 4.39 Å². The van der Waals surface area contributed by atoms with Crippen LogP contribution in [0.2, 0.25) is 10.0 Å². The fraction of sp³-hybridized carbons (Fsp3) is 0.200. The monoisotopic (exact) mass is 297 g/mol. The van der Waals surface area contributed by atoms with Crippen LogP contribution in [0.4, 0.5) is 4.39 Å². The van der Waals surface area contributed by atoms with E-state index in [2.05, 4.69) is 5.32 Å². The van der Waals surface area contributed by atoms with Gasteiger partial charge in [0.15, 0.2) is 0 Å².